The van der Waals surface area contributed by atoms with Gasteiger partial charge in [-0.15, -0.1) is 0 Å². The van der Waals surface area contributed by atoms with Gasteiger partial charge in [0.05, 0.1) is 24.2 Å². The molecule has 0 N–H and O–H groups in total. The molecular weight excluding hydrogens is 491 g/mol. The lowest BCUT2D eigenvalue weighted by Gasteiger charge is -2.13. The molecule has 36 heavy (non-hydrogen) atoms. The largest absolute Gasteiger partial charge is 0.417 e. The number of rotatable bonds is 4. The van der Waals surface area contributed by atoms with Crippen LogP contribution < -0.4 is 0 Å². The highest BCUT2D eigenvalue weighted by Crippen LogP contribution is 2.37. The zero-order valence-electron chi connectivity index (χ0n) is 18.6. The zero-order chi connectivity index (χ0) is 25.0. The second kappa shape index (κ2) is 8.12. The van der Waals surface area contributed by atoms with Gasteiger partial charge in [0.25, 0.3) is 0 Å². The average Bonchev–Trinajstić information content (AvgIpc) is 3.60. The summed E-state index contributed by atoms with van der Waals surface area (Å²) in [5.74, 6) is 0. The van der Waals surface area contributed by atoms with E-state index in [1.165, 1.54) is 39.2 Å². The van der Waals surface area contributed by atoms with Crippen LogP contribution in [-0.4, -0.2) is 37.5 Å². The molecule has 0 aliphatic rings. The van der Waals surface area contributed by atoms with E-state index in [1.807, 2.05) is 12.3 Å². The van der Waals surface area contributed by atoms with E-state index in [2.05, 4.69) is 20.2 Å². The molecule has 0 spiro atoms. The third-order valence-corrected chi connectivity index (χ3v) is 7.04. The Balaban J connectivity index is 1.46. The number of benzene rings is 1. The summed E-state index contributed by atoms with van der Waals surface area (Å²) in [6.07, 6.45) is 5.15. The summed E-state index contributed by atoms with van der Waals surface area (Å²) >= 11 is 0. The number of nitrogens with zero attached hydrogens (tertiary/aromatic N) is 7. The van der Waals surface area contributed by atoms with Gasteiger partial charge < -0.3 is 0 Å². The van der Waals surface area contributed by atoms with Crippen molar-refractivity contribution in [1.82, 2.24) is 33.3 Å². The van der Waals surface area contributed by atoms with Crippen molar-refractivity contribution in [2.45, 2.75) is 11.2 Å². The van der Waals surface area contributed by atoms with E-state index in [9.17, 15) is 17.4 Å². The van der Waals surface area contributed by atoms with Gasteiger partial charge in [0, 0.05) is 36.8 Å². The molecule has 8 nitrogen and oxygen atoms in total. The van der Waals surface area contributed by atoms with Crippen molar-refractivity contribution in [3.05, 3.63) is 85.2 Å². The topological polar surface area (TPSA) is 82.9 Å². The molecule has 5 heterocycles. The number of pyridine rings is 2. The van der Waals surface area contributed by atoms with Gasteiger partial charge in [-0.3, -0.25) is 14.1 Å². The van der Waals surface area contributed by atoms with Crippen LogP contribution >= 0.6 is 0 Å². The summed E-state index contributed by atoms with van der Waals surface area (Å²) < 4.78 is 58.9. The van der Waals surface area contributed by atoms with Crippen molar-refractivity contribution >= 4 is 27.7 Å². The zero-order valence-corrected chi connectivity index (χ0v) is 19.4. The predicted molar refractivity (Wildman–Crippen MR) is 127 cm³/mol. The molecule has 0 fully saturated rings. The molecule has 6 rings (SSSR count). The normalized spacial score (nSPS) is 13.0. The van der Waals surface area contributed by atoms with Crippen molar-refractivity contribution in [2.75, 3.05) is 0 Å². The number of fused-ring (bicyclic) bond motifs is 2. The predicted octanol–water partition coefficient (Wildman–Crippen LogP) is 4.74. The first-order valence-electron chi connectivity index (χ1n) is 10.7. The maximum Gasteiger partial charge on any atom is 0.417 e. The highest BCUT2D eigenvalue weighted by molar-refractivity contribution is 7.83. The van der Waals surface area contributed by atoms with Gasteiger partial charge >= 0.3 is 6.18 Å². The minimum atomic E-state index is -4.51. The highest BCUT2D eigenvalue weighted by Gasteiger charge is 2.33. The first kappa shape index (κ1) is 22.2. The second-order valence-corrected chi connectivity index (χ2v) is 9.35. The molecule has 0 radical (unpaired) electrons. The number of hydrogen-bond acceptors (Lipinski definition) is 5. The molecule has 1 atom stereocenters. The molecule has 0 saturated heterocycles. The molecule has 0 amide bonds. The van der Waals surface area contributed by atoms with E-state index < -0.39 is 22.7 Å². The second-order valence-electron chi connectivity index (χ2n) is 8.08. The van der Waals surface area contributed by atoms with Crippen molar-refractivity contribution in [2.24, 2.45) is 7.05 Å². The molecule has 180 valence electrons. The number of hydrogen-bond donors (Lipinski definition) is 0. The third kappa shape index (κ3) is 3.66. The van der Waals surface area contributed by atoms with Gasteiger partial charge in [0.1, 0.15) is 16.7 Å². The van der Waals surface area contributed by atoms with Gasteiger partial charge in [-0.1, -0.05) is 18.2 Å². The lowest BCUT2D eigenvalue weighted by atomic mass is 10.0. The van der Waals surface area contributed by atoms with Crippen LogP contribution in [0.15, 0.2) is 84.7 Å². The number of aryl methyl sites for hydroxylation is 1. The summed E-state index contributed by atoms with van der Waals surface area (Å²) in [6.45, 7) is 0. The molecule has 0 aliphatic carbocycles. The van der Waals surface area contributed by atoms with E-state index in [0.29, 0.717) is 22.2 Å². The fraction of sp³-hybridized carbons (Fsp3) is 0.0833. The summed E-state index contributed by atoms with van der Waals surface area (Å²) in [5, 5.41) is 8.70. The van der Waals surface area contributed by atoms with E-state index >= 15 is 0 Å². The third-order valence-electron chi connectivity index (χ3n) is 5.78. The van der Waals surface area contributed by atoms with Crippen LogP contribution in [0.5, 0.6) is 0 Å². The van der Waals surface area contributed by atoms with Gasteiger partial charge in [-0.2, -0.15) is 27.5 Å². The van der Waals surface area contributed by atoms with E-state index in [1.54, 1.807) is 42.3 Å². The van der Waals surface area contributed by atoms with Crippen LogP contribution in [-0.2, 0) is 24.2 Å². The van der Waals surface area contributed by atoms with E-state index in [4.69, 9.17) is 0 Å². The molecule has 1 unspecified atom stereocenters. The lowest BCUT2D eigenvalue weighted by molar-refractivity contribution is -0.137. The minimum Gasteiger partial charge on any atom is -0.290 e. The first-order chi connectivity index (χ1) is 17.3. The molecular formula is C24H16F3N7OS. The van der Waals surface area contributed by atoms with Crippen LogP contribution in [0.4, 0.5) is 13.2 Å². The Hall–Kier alpha value is -4.32. The maximum atomic E-state index is 13.6. The van der Waals surface area contributed by atoms with Gasteiger partial charge in [-0.25, -0.2) is 9.19 Å². The first-order valence-corrected chi connectivity index (χ1v) is 11.8. The Kier molecular flexibility index (Phi) is 5.00. The monoisotopic (exact) mass is 507 g/mol. The average molecular weight is 508 g/mol. The Morgan fingerprint density at radius 1 is 0.861 bits per heavy atom. The number of aromatic nitrogens is 7. The summed E-state index contributed by atoms with van der Waals surface area (Å²) in [6, 6.07) is 10.3. The Morgan fingerprint density at radius 2 is 1.69 bits per heavy atom. The molecule has 12 heteroatoms. The Bertz CT molecular complexity index is 1780. The van der Waals surface area contributed by atoms with Crippen molar-refractivity contribution in [1.29, 1.82) is 0 Å². The van der Waals surface area contributed by atoms with Crippen molar-refractivity contribution in [3.8, 4) is 22.3 Å². The number of halogens is 3. The lowest BCUT2D eigenvalue weighted by Crippen LogP contribution is -2.09. The van der Waals surface area contributed by atoms with E-state index in [-0.39, 0.29) is 10.6 Å². The van der Waals surface area contributed by atoms with Crippen LogP contribution in [0, 0.1) is 0 Å². The molecule has 0 saturated carbocycles. The van der Waals surface area contributed by atoms with Gasteiger partial charge in [0.15, 0.2) is 16.0 Å². The molecule has 5 aromatic heterocycles. The molecule has 6 aromatic rings. The van der Waals surface area contributed by atoms with Crippen LogP contribution in [0.2, 0.25) is 0 Å². The maximum absolute atomic E-state index is 13.6. The minimum absolute atomic E-state index is 0.0205. The summed E-state index contributed by atoms with van der Waals surface area (Å²) in [4.78, 5) is 8.70. The van der Waals surface area contributed by atoms with Crippen LogP contribution in [0.25, 0.3) is 38.9 Å². The van der Waals surface area contributed by atoms with Gasteiger partial charge in [0.2, 0.25) is 0 Å². The van der Waals surface area contributed by atoms with Crippen molar-refractivity contribution in [3.63, 3.8) is 0 Å². The molecule has 1 aromatic carbocycles. The molecule has 0 bridgehead atoms. The fourth-order valence-corrected chi connectivity index (χ4v) is 5.16. The van der Waals surface area contributed by atoms with Crippen molar-refractivity contribution < 1.29 is 17.4 Å². The summed E-state index contributed by atoms with van der Waals surface area (Å²) in [7, 11) is -0.0509. The fourth-order valence-electron chi connectivity index (χ4n) is 4.06. The van der Waals surface area contributed by atoms with Crippen LogP contribution in [0.1, 0.15) is 5.56 Å². The quantitative estimate of drug-likeness (QED) is 0.344. The SMILES string of the molecule is Cn1cc(-c2cnc3cnn(S(=O)c4cnc5ccc(-c6ccccc6C(F)(F)F)cn45)c3c2)cn1. The number of imidazole rings is 1. The van der Waals surface area contributed by atoms with Crippen LogP contribution in [0.3, 0.4) is 0 Å². The highest BCUT2D eigenvalue weighted by atomic mass is 32.2. The molecule has 0 aliphatic heterocycles. The Morgan fingerprint density at radius 3 is 2.47 bits per heavy atom. The standard InChI is InChI=1S/C24H16F3N7OS/c1-32-13-17(10-30-32)16-8-21-20(28-9-16)11-31-34(21)36(35)23-12-29-22-7-6-15(14-33(22)23)18-4-2-3-5-19(18)24(25,26)27/h2-14H,1H3. The van der Waals surface area contributed by atoms with Gasteiger partial charge in [-0.05, 0) is 35.4 Å². The summed E-state index contributed by atoms with van der Waals surface area (Å²) in [5.41, 5.74) is 2.72. The Labute approximate surface area is 204 Å². The number of alkyl halides is 3. The van der Waals surface area contributed by atoms with E-state index in [0.717, 1.165) is 17.2 Å². The smallest absolute Gasteiger partial charge is 0.290 e.